The Morgan fingerprint density at radius 3 is 2.62 bits per heavy atom. The van der Waals surface area contributed by atoms with Crippen LogP contribution in [0.2, 0.25) is 0 Å². The van der Waals surface area contributed by atoms with Gasteiger partial charge in [-0.2, -0.15) is 0 Å². The normalized spacial score (nSPS) is 11.9. The summed E-state index contributed by atoms with van der Waals surface area (Å²) >= 11 is 1.35. The first-order valence-electron chi connectivity index (χ1n) is 8.85. The standard InChI is InChI=1S/C21H17N3O4S/c1-12(18-22-16-6-4-3-5-15(16)19(25)24-18)28-21(26)17-11-29-20(23-17)13-7-9-14(27-2)10-8-13/h3-12H,1-2H3,(H,22,24,25)/t12-/m1/s1. The van der Waals surface area contributed by atoms with Crippen LogP contribution in [0, 0.1) is 0 Å². The smallest absolute Gasteiger partial charge is 0.358 e. The summed E-state index contributed by atoms with van der Waals surface area (Å²) in [7, 11) is 1.60. The summed E-state index contributed by atoms with van der Waals surface area (Å²) in [6, 6.07) is 14.4. The van der Waals surface area contributed by atoms with E-state index in [1.54, 1.807) is 43.7 Å². The lowest BCUT2D eigenvalue weighted by Crippen LogP contribution is -2.17. The van der Waals surface area contributed by atoms with E-state index in [-0.39, 0.29) is 17.1 Å². The van der Waals surface area contributed by atoms with Gasteiger partial charge in [-0.15, -0.1) is 11.3 Å². The van der Waals surface area contributed by atoms with Gasteiger partial charge in [0, 0.05) is 10.9 Å². The topological polar surface area (TPSA) is 94.2 Å². The Balaban J connectivity index is 1.52. The van der Waals surface area contributed by atoms with Gasteiger partial charge in [0.2, 0.25) is 0 Å². The zero-order valence-corrected chi connectivity index (χ0v) is 16.5. The lowest BCUT2D eigenvalue weighted by molar-refractivity contribution is 0.0314. The molecule has 8 heteroatoms. The van der Waals surface area contributed by atoms with Gasteiger partial charge in [0.1, 0.15) is 10.8 Å². The van der Waals surface area contributed by atoms with Crippen LogP contribution in [0.1, 0.15) is 29.3 Å². The lowest BCUT2D eigenvalue weighted by atomic mass is 10.2. The number of hydrogen-bond donors (Lipinski definition) is 1. The van der Waals surface area contributed by atoms with Crippen molar-refractivity contribution in [3.8, 4) is 16.3 Å². The molecule has 0 saturated heterocycles. The quantitative estimate of drug-likeness (QED) is 0.503. The molecule has 0 unspecified atom stereocenters. The molecule has 1 N–H and O–H groups in total. The Morgan fingerprint density at radius 2 is 1.86 bits per heavy atom. The van der Waals surface area contributed by atoms with Crippen LogP contribution < -0.4 is 10.3 Å². The molecule has 0 radical (unpaired) electrons. The largest absolute Gasteiger partial charge is 0.497 e. The second-order valence-corrected chi connectivity index (χ2v) is 7.14. The van der Waals surface area contributed by atoms with E-state index >= 15 is 0 Å². The van der Waals surface area contributed by atoms with E-state index in [0.717, 1.165) is 11.3 Å². The minimum atomic E-state index is -0.731. The van der Waals surface area contributed by atoms with E-state index in [1.807, 2.05) is 24.3 Å². The summed E-state index contributed by atoms with van der Waals surface area (Å²) < 4.78 is 10.6. The van der Waals surface area contributed by atoms with Gasteiger partial charge in [-0.05, 0) is 43.3 Å². The van der Waals surface area contributed by atoms with Gasteiger partial charge >= 0.3 is 5.97 Å². The molecule has 2 heterocycles. The van der Waals surface area contributed by atoms with Crippen LogP contribution in [0.3, 0.4) is 0 Å². The molecule has 2 aromatic heterocycles. The van der Waals surface area contributed by atoms with E-state index in [2.05, 4.69) is 15.0 Å². The van der Waals surface area contributed by atoms with Crippen molar-refractivity contribution in [2.75, 3.05) is 7.11 Å². The highest BCUT2D eigenvalue weighted by molar-refractivity contribution is 7.13. The molecule has 0 bridgehead atoms. The number of rotatable bonds is 5. The fraction of sp³-hybridized carbons (Fsp3) is 0.143. The SMILES string of the molecule is COc1ccc(-c2nc(C(=O)O[C@H](C)c3nc4ccccc4c(=O)[nH]3)cs2)cc1. The molecule has 0 aliphatic rings. The Bertz CT molecular complexity index is 1230. The van der Waals surface area contributed by atoms with Gasteiger partial charge in [0.25, 0.3) is 5.56 Å². The molecule has 0 spiro atoms. The molecule has 0 fully saturated rings. The number of thiazole rings is 1. The number of benzene rings is 2. The first-order chi connectivity index (χ1) is 14.0. The number of ether oxygens (including phenoxy) is 2. The van der Waals surface area contributed by atoms with Crippen LogP contribution in [-0.4, -0.2) is 28.0 Å². The molecule has 0 aliphatic carbocycles. The monoisotopic (exact) mass is 407 g/mol. The first kappa shape index (κ1) is 18.8. The molecule has 4 aromatic rings. The van der Waals surface area contributed by atoms with Crippen molar-refractivity contribution < 1.29 is 14.3 Å². The third-order valence-electron chi connectivity index (χ3n) is 4.35. The minimum absolute atomic E-state index is 0.204. The van der Waals surface area contributed by atoms with Crippen molar-refractivity contribution in [3.05, 3.63) is 75.8 Å². The molecular weight excluding hydrogens is 390 g/mol. The number of aromatic amines is 1. The van der Waals surface area contributed by atoms with Gasteiger partial charge in [-0.25, -0.2) is 14.8 Å². The highest BCUT2D eigenvalue weighted by Crippen LogP contribution is 2.26. The maximum absolute atomic E-state index is 12.5. The summed E-state index contributed by atoms with van der Waals surface area (Å²) in [5.74, 6) is 0.451. The van der Waals surface area contributed by atoms with E-state index in [0.29, 0.717) is 15.9 Å². The van der Waals surface area contributed by atoms with Crippen molar-refractivity contribution in [1.82, 2.24) is 15.0 Å². The van der Waals surface area contributed by atoms with Crippen LogP contribution in [0.4, 0.5) is 0 Å². The fourth-order valence-corrected chi connectivity index (χ4v) is 3.60. The zero-order valence-electron chi connectivity index (χ0n) is 15.7. The number of carbonyl (C=O) groups is 1. The van der Waals surface area contributed by atoms with Crippen molar-refractivity contribution in [1.29, 1.82) is 0 Å². The van der Waals surface area contributed by atoms with E-state index in [1.165, 1.54) is 11.3 Å². The lowest BCUT2D eigenvalue weighted by Gasteiger charge is -2.12. The Kier molecular flexibility index (Phi) is 5.09. The molecule has 29 heavy (non-hydrogen) atoms. The van der Waals surface area contributed by atoms with Crippen molar-refractivity contribution >= 4 is 28.2 Å². The van der Waals surface area contributed by atoms with E-state index in [9.17, 15) is 9.59 Å². The number of nitrogens with one attached hydrogen (secondary N) is 1. The van der Waals surface area contributed by atoms with Gasteiger partial charge in [-0.3, -0.25) is 4.79 Å². The second kappa shape index (κ2) is 7.84. The van der Waals surface area contributed by atoms with Crippen molar-refractivity contribution in [2.45, 2.75) is 13.0 Å². The average Bonchev–Trinajstić information content (AvgIpc) is 3.24. The molecule has 146 valence electrons. The van der Waals surface area contributed by atoms with Crippen LogP contribution >= 0.6 is 11.3 Å². The van der Waals surface area contributed by atoms with E-state index < -0.39 is 12.1 Å². The number of esters is 1. The number of nitrogens with zero attached hydrogens (tertiary/aromatic N) is 2. The summed E-state index contributed by atoms with van der Waals surface area (Å²) in [6.45, 7) is 1.65. The molecule has 1 atom stereocenters. The van der Waals surface area contributed by atoms with Gasteiger partial charge < -0.3 is 14.5 Å². The number of methoxy groups -OCH3 is 1. The summed E-state index contributed by atoms with van der Waals surface area (Å²) in [4.78, 5) is 36.1. The molecule has 4 rings (SSSR count). The first-order valence-corrected chi connectivity index (χ1v) is 9.73. The van der Waals surface area contributed by atoms with E-state index in [4.69, 9.17) is 9.47 Å². The van der Waals surface area contributed by atoms with Crippen molar-refractivity contribution in [3.63, 3.8) is 0 Å². The molecule has 0 aliphatic heterocycles. The predicted octanol–water partition coefficient (Wildman–Crippen LogP) is 3.97. The Labute approximate surface area is 170 Å². The maximum atomic E-state index is 12.5. The number of H-pyrrole nitrogens is 1. The third kappa shape index (κ3) is 3.88. The molecule has 0 amide bonds. The third-order valence-corrected chi connectivity index (χ3v) is 5.24. The number of para-hydroxylation sites is 1. The van der Waals surface area contributed by atoms with Crippen LogP contribution in [0.25, 0.3) is 21.5 Å². The van der Waals surface area contributed by atoms with Gasteiger partial charge in [0.05, 0.1) is 18.0 Å². The summed E-state index contributed by atoms with van der Waals surface area (Å²) in [5.41, 5.74) is 1.35. The zero-order chi connectivity index (χ0) is 20.4. The number of aromatic nitrogens is 3. The highest BCUT2D eigenvalue weighted by atomic mass is 32.1. The van der Waals surface area contributed by atoms with Crippen molar-refractivity contribution in [2.24, 2.45) is 0 Å². The number of carbonyl (C=O) groups excluding carboxylic acids is 1. The highest BCUT2D eigenvalue weighted by Gasteiger charge is 2.19. The summed E-state index contributed by atoms with van der Waals surface area (Å²) in [5, 5.41) is 2.83. The Morgan fingerprint density at radius 1 is 1.10 bits per heavy atom. The molecule has 0 saturated carbocycles. The maximum Gasteiger partial charge on any atom is 0.358 e. The summed E-state index contributed by atoms with van der Waals surface area (Å²) in [6.07, 6.45) is -0.731. The minimum Gasteiger partial charge on any atom is -0.497 e. The van der Waals surface area contributed by atoms with Crippen LogP contribution in [-0.2, 0) is 4.74 Å². The van der Waals surface area contributed by atoms with Gasteiger partial charge in [0.15, 0.2) is 17.6 Å². The average molecular weight is 407 g/mol. The second-order valence-electron chi connectivity index (χ2n) is 6.28. The molecule has 2 aromatic carbocycles. The predicted molar refractivity (Wildman–Crippen MR) is 110 cm³/mol. The molecular formula is C21H17N3O4S. The van der Waals surface area contributed by atoms with Gasteiger partial charge in [-0.1, -0.05) is 12.1 Å². The Hall–Kier alpha value is -3.52. The number of hydrogen-bond acceptors (Lipinski definition) is 7. The fourth-order valence-electron chi connectivity index (χ4n) is 2.81. The number of fused-ring (bicyclic) bond motifs is 1. The van der Waals surface area contributed by atoms with Crippen LogP contribution in [0.15, 0.2) is 58.7 Å². The molecule has 7 nitrogen and oxygen atoms in total. The van der Waals surface area contributed by atoms with Crippen LogP contribution in [0.5, 0.6) is 5.75 Å².